The zero-order valence-electron chi connectivity index (χ0n) is 7.57. The van der Waals surface area contributed by atoms with Crippen LogP contribution in [0.3, 0.4) is 0 Å². The van der Waals surface area contributed by atoms with Gasteiger partial charge in [0.05, 0.1) is 6.10 Å². The van der Waals surface area contributed by atoms with Gasteiger partial charge in [0.25, 0.3) is 0 Å². The van der Waals surface area contributed by atoms with Crippen LogP contribution in [0.4, 0.5) is 0 Å². The van der Waals surface area contributed by atoms with E-state index in [0.717, 1.165) is 17.0 Å². The summed E-state index contributed by atoms with van der Waals surface area (Å²) >= 11 is 5.73. The topological polar surface area (TPSA) is 20.2 Å². The van der Waals surface area contributed by atoms with Crippen molar-refractivity contribution in [2.75, 3.05) is 0 Å². The molecule has 0 amide bonds. The molecule has 1 rings (SSSR count). The molecule has 0 aromatic heterocycles. The lowest BCUT2D eigenvalue weighted by Gasteiger charge is -1.99. The summed E-state index contributed by atoms with van der Waals surface area (Å²) in [6.07, 6.45) is 4.06. The number of aliphatic hydroxyl groups excluding tert-OH is 1. The number of benzene rings is 1. The first-order valence-electron chi connectivity index (χ1n) is 4.34. The molecular weight excluding hydrogens is 184 g/mol. The zero-order chi connectivity index (χ0) is 9.68. The molecule has 0 radical (unpaired) electrons. The molecule has 13 heavy (non-hydrogen) atoms. The van der Waals surface area contributed by atoms with Crippen molar-refractivity contribution in [2.24, 2.45) is 0 Å². The van der Waals surface area contributed by atoms with Gasteiger partial charge in [0.15, 0.2) is 0 Å². The summed E-state index contributed by atoms with van der Waals surface area (Å²) < 4.78 is 0. The normalized spacial score (nSPS) is 13.5. The Morgan fingerprint density at radius 2 is 2.00 bits per heavy atom. The van der Waals surface area contributed by atoms with E-state index in [-0.39, 0.29) is 6.10 Å². The highest BCUT2D eigenvalue weighted by Gasteiger charge is 1.92. The molecule has 0 fully saturated rings. The minimum atomic E-state index is -0.351. The molecule has 1 atom stereocenters. The van der Waals surface area contributed by atoms with Gasteiger partial charge in [-0.05, 0) is 24.1 Å². The lowest BCUT2D eigenvalue weighted by Crippen LogP contribution is -1.97. The minimum absolute atomic E-state index is 0.351. The van der Waals surface area contributed by atoms with Crippen LogP contribution < -0.4 is 0 Å². The van der Waals surface area contributed by atoms with Gasteiger partial charge in [-0.2, -0.15) is 0 Å². The van der Waals surface area contributed by atoms with Gasteiger partial charge in [0, 0.05) is 5.02 Å². The molecule has 0 spiro atoms. The van der Waals surface area contributed by atoms with E-state index in [2.05, 4.69) is 0 Å². The van der Waals surface area contributed by atoms with Gasteiger partial charge in [0.2, 0.25) is 0 Å². The van der Waals surface area contributed by atoms with Crippen molar-refractivity contribution in [3.8, 4) is 0 Å². The van der Waals surface area contributed by atoms with Crippen molar-refractivity contribution in [3.05, 3.63) is 40.9 Å². The van der Waals surface area contributed by atoms with E-state index in [0.29, 0.717) is 0 Å². The standard InChI is InChI=1S/C11H13ClO/c1-2-11(13)8-5-9-3-6-10(12)7-4-9/h3-8,11,13H,2H2,1H3/b8-5+/t11-/m0/s1. The molecule has 1 aromatic rings. The molecule has 0 unspecified atom stereocenters. The van der Waals surface area contributed by atoms with E-state index in [9.17, 15) is 5.11 Å². The predicted molar refractivity (Wildman–Crippen MR) is 56.8 cm³/mol. The van der Waals surface area contributed by atoms with Crippen molar-refractivity contribution in [3.63, 3.8) is 0 Å². The van der Waals surface area contributed by atoms with Crippen molar-refractivity contribution in [1.82, 2.24) is 0 Å². The summed E-state index contributed by atoms with van der Waals surface area (Å²) in [6, 6.07) is 7.50. The summed E-state index contributed by atoms with van der Waals surface area (Å²) in [7, 11) is 0. The molecule has 2 heteroatoms. The van der Waals surface area contributed by atoms with E-state index < -0.39 is 0 Å². The third-order valence-corrected chi connectivity index (χ3v) is 2.05. The van der Waals surface area contributed by atoms with E-state index in [1.165, 1.54) is 0 Å². The third-order valence-electron chi connectivity index (χ3n) is 1.80. The number of halogens is 1. The highest BCUT2D eigenvalue weighted by atomic mass is 35.5. The van der Waals surface area contributed by atoms with Gasteiger partial charge in [-0.25, -0.2) is 0 Å². The summed E-state index contributed by atoms with van der Waals surface area (Å²) in [6.45, 7) is 1.94. The SMILES string of the molecule is CC[C@H](O)/C=C/c1ccc(Cl)cc1. The van der Waals surface area contributed by atoms with Crippen LogP contribution in [0.25, 0.3) is 6.08 Å². The van der Waals surface area contributed by atoms with Crippen molar-refractivity contribution in [1.29, 1.82) is 0 Å². The fraction of sp³-hybridized carbons (Fsp3) is 0.273. The van der Waals surface area contributed by atoms with Crippen LogP contribution >= 0.6 is 11.6 Å². The molecule has 1 N–H and O–H groups in total. The highest BCUT2D eigenvalue weighted by Crippen LogP contribution is 2.11. The summed E-state index contributed by atoms with van der Waals surface area (Å²) in [4.78, 5) is 0. The van der Waals surface area contributed by atoms with Crippen LogP contribution in [-0.4, -0.2) is 11.2 Å². The number of aliphatic hydroxyl groups is 1. The van der Waals surface area contributed by atoms with Crippen molar-refractivity contribution in [2.45, 2.75) is 19.4 Å². The van der Waals surface area contributed by atoms with Gasteiger partial charge in [-0.3, -0.25) is 0 Å². The van der Waals surface area contributed by atoms with E-state index >= 15 is 0 Å². The molecule has 0 saturated heterocycles. The molecule has 0 saturated carbocycles. The molecule has 0 aliphatic carbocycles. The molecule has 0 heterocycles. The van der Waals surface area contributed by atoms with Crippen LogP contribution in [-0.2, 0) is 0 Å². The maximum absolute atomic E-state index is 9.26. The average Bonchev–Trinajstić information content (AvgIpc) is 2.16. The molecule has 70 valence electrons. The van der Waals surface area contributed by atoms with Gasteiger partial charge in [0.1, 0.15) is 0 Å². The molecule has 0 aliphatic rings. The fourth-order valence-corrected chi connectivity index (χ4v) is 1.06. The van der Waals surface area contributed by atoms with Crippen LogP contribution in [0.2, 0.25) is 5.02 Å². The van der Waals surface area contributed by atoms with Crippen LogP contribution in [0.15, 0.2) is 30.3 Å². The van der Waals surface area contributed by atoms with E-state index in [1.54, 1.807) is 6.08 Å². The Bertz CT molecular complexity index is 277. The van der Waals surface area contributed by atoms with Gasteiger partial charge < -0.3 is 5.11 Å². The molecule has 1 nitrogen and oxygen atoms in total. The second-order valence-corrected chi connectivity index (χ2v) is 3.32. The Balaban J connectivity index is 2.64. The molecular formula is C11H13ClO. The van der Waals surface area contributed by atoms with Crippen LogP contribution in [0, 0.1) is 0 Å². The first-order chi connectivity index (χ1) is 6.22. The Labute approximate surface area is 83.7 Å². The number of hydrogen-bond donors (Lipinski definition) is 1. The lowest BCUT2D eigenvalue weighted by atomic mass is 10.2. The maximum atomic E-state index is 9.26. The monoisotopic (exact) mass is 196 g/mol. The second-order valence-electron chi connectivity index (χ2n) is 2.89. The van der Waals surface area contributed by atoms with E-state index in [4.69, 9.17) is 11.6 Å². The fourth-order valence-electron chi connectivity index (χ4n) is 0.932. The summed E-state index contributed by atoms with van der Waals surface area (Å²) in [5.74, 6) is 0. The quantitative estimate of drug-likeness (QED) is 0.788. The Morgan fingerprint density at radius 3 is 2.54 bits per heavy atom. The lowest BCUT2D eigenvalue weighted by molar-refractivity contribution is 0.220. The van der Waals surface area contributed by atoms with Gasteiger partial charge in [-0.1, -0.05) is 42.8 Å². The van der Waals surface area contributed by atoms with E-state index in [1.807, 2.05) is 37.3 Å². The summed E-state index contributed by atoms with van der Waals surface area (Å²) in [5, 5.41) is 9.99. The predicted octanol–water partition coefficient (Wildman–Crippen LogP) is 3.12. The van der Waals surface area contributed by atoms with Gasteiger partial charge >= 0.3 is 0 Å². The number of rotatable bonds is 3. The third kappa shape index (κ3) is 3.62. The largest absolute Gasteiger partial charge is 0.389 e. The zero-order valence-corrected chi connectivity index (χ0v) is 8.33. The molecule has 1 aromatic carbocycles. The second kappa shape index (κ2) is 5.05. The maximum Gasteiger partial charge on any atom is 0.0721 e. The average molecular weight is 197 g/mol. The van der Waals surface area contributed by atoms with Crippen molar-refractivity contribution < 1.29 is 5.11 Å². The molecule has 0 bridgehead atoms. The van der Waals surface area contributed by atoms with Crippen LogP contribution in [0.5, 0.6) is 0 Å². The van der Waals surface area contributed by atoms with Crippen molar-refractivity contribution >= 4 is 17.7 Å². The summed E-state index contributed by atoms with van der Waals surface area (Å²) in [5.41, 5.74) is 1.05. The Morgan fingerprint density at radius 1 is 1.38 bits per heavy atom. The number of hydrogen-bond acceptors (Lipinski definition) is 1. The first kappa shape index (κ1) is 10.3. The Kier molecular flexibility index (Phi) is 4.00. The Hall–Kier alpha value is -0.790. The minimum Gasteiger partial charge on any atom is -0.389 e. The van der Waals surface area contributed by atoms with Crippen LogP contribution in [0.1, 0.15) is 18.9 Å². The van der Waals surface area contributed by atoms with Gasteiger partial charge in [-0.15, -0.1) is 0 Å². The molecule has 0 aliphatic heterocycles. The highest BCUT2D eigenvalue weighted by molar-refractivity contribution is 6.30. The first-order valence-corrected chi connectivity index (χ1v) is 4.72. The smallest absolute Gasteiger partial charge is 0.0721 e.